The molecule has 0 spiro atoms. The van der Waals surface area contributed by atoms with Gasteiger partial charge in [-0.2, -0.15) is 0 Å². The van der Waals surface area contributed by atoms with Gasteiger partial charge in [0.2, 0.25) is 5.91 Å². The van der Waals surface area contributed by atoms with Gasteiger partial charge in [0.05, 0.1) is 0 Å². The highest BCUT2D eigenvalue weighted by Crippen LogP contribution is 1.91. The minimum Gasteiger partial charge on any atom is -0.356 e. The lowest BCUT2D eigenvalue weighted by Gasteiger charge is -1.96. The summed E-state index contributed by atoms with van der Waals surface area (Å²) in [6.45, 7) is 1.94. The lowest BCUT2D eigenvalue weighted by atomic mass is 10.2. The fourth-order valence-electron chi connectivity index (χ4n) is 1.10. The molecule has 0 saturated heterocycles. The molecule has 0 aliphatic carbocycles. The number of carbonyl (C=O) groups excluding carboxylic acids is 1. The smallest absolute Gasteiger partial charge is 0.269 e. The van der Waals surface area contributed by atoms with E-state index in [9.17, 15) is 14.4 Å². The molecule has 1 amide bonds. The SMILES string of the molecule is CC(=O)NCCC=Cc1cc(=O)[nH][nH]c1=O. The van der Waals surface area contributed by atoms with Crippen LogP contribution < -0.4 is 16.4 Å². The van der Waals surface area contributed by atoms with Crippen LogP contribution in [0.1, 0.15) is 18.9 Å². The van der Waals surface area contributed by atoms with Gasteiger partial charge in [-0.05, 0) is 6.42 Å². The summed E-state index contributed by atoms with van der Waals surface area (Å²) in [4.78, 5) is 32.6. The first-order valence-electron chi connectivity index (χ1n) is 4.82. The molecule has 3 N–H and O–H groups in total. The van der Waals surface area contributed by atoms with Crippen molar-refractivity contribution in [2.45, 2.75) is 13.3 Å². The van der Waals surface area contributed by atoms with Crippen LogP contribution in [0, 0.1) is 0 Å². The predicted molar refractivity (Wildman–Crippen MR) is 60.0 cm³/mol. The Morgan fingerprint density at radius 1 is 1.44 bits per heavy atom. The Kier molecular flexibility index (Phi) is 4.26. The maximum Gasteiger partial charge on any atom is 0.269 e. The fraction of sp³-hybridized carbons (Fsp3) is 0.300. The minimum atomic E-state index is -0.360. The summed E-state index contributed by atoms with van der Waals surface area (Å²) in [5.41, 5.74) is -0.414. The number of hydrogen-bond acceptors (Lipinski definition) is 3. The van der Waals surface area contributed by atoms with Gasteiger partial charge in [-0.1, -0.05) is 12.2 Å². The number of aromatic nitrogens is 2. The fourth-order valence-corrected chi connectivity index (χ4v) is 1.10. The highest BCUT2D eigenvalue weighted by Gasteiger charge is 1.94. The zero-order chi connectivity index (χ0) is 12.0. The highest BCUT2D eigenvalue weighted by molar-refractivity contribution is 5.72. The van der Waals surface area contributed by atoms with Gasteiger partial charge in [0.15, 0.2) is 0 Å². The third kappa shape index (κ3) is 3.95. The van der Waals surface area contributed by atoms with Crippen LogP contribution in [-0.4, -0.2) is 22.6 Å². The van der Waals surface area contributed by atoms with Crippen molar-refractivity contribution in [1.82, 2.24) is 15.5 Å². The van der Waals surface area contributed by atoms with Gasteiger partial charge in [0.1, 0.15) is 0 Å². The van der Waals surface area contributed by atoms with Crippen LogP contribution in [0.5, 0.6) is 0 Å². The Morgan fingerprint density at radius 2 is 2.19 bits per heavy atom. The number of nitrogens with one attached hydrogen (secondary N) is 3. The molecule has 1 aromatic rings. The average Bonchev–Trinajstić information content (AvgIpc) is 2.22. The van der Waals surface area contributed by atoms with Gasteiger partial charge in [0, 0.05) is 25.1 Å². The van der Waals surface area contributed by atoms with Gasteiger partial charge in [-0.25, -0.2) is 0 Å². The second-order valence-corrected chi connectivity index (χ2v) is 3.22. The largest absolute Gasteiger partial charge is 0.356 e. The van der Waals surface area contributed by atoms with Crippen molar-refractivity contribution in [3.05, 3.63) is 38.4 Å². The Hall–Kier alpha value is -2.11. The summed E-state index contributed by atoms with van der Waals surface area (Å²) >= 11 is 0. The Balaban J connectivity index is 2.56. The van der Waals surface area contributed by atoms with Crippen molar-refractivity contribution in [2.75, 3.05) is 6.54 Å². The van der Waals surface area contributed by atoms with Gasteiger partial charge in [-0.3, -0.25) is 24.6 Å². The molecule has 0 radical (unpaired) electrons. The van der Waals surface area contributed by atoms with Crippen molar-refractivity contribution in [3.8, 4) is 0 Å². The van der Waals surface area contributed by atoms with E-state index in [2.05, 4.69) is 15.5 Å². The molecular formula is C10H13N3O3. The van der Waals surface area contributed by atoms with Crippen molar-refractivity contribution in [3.63, 3.8) is 0 Å². The maximum absolute atomic E-state index is 11.2. The van der Waals surface area contributed by atoms with Crippen molar-refractivity contribution in [2.24, 2.45) is 0 Å². The molecule has 0 atom stereocenters. The van der Waals surface area contributed by atoms with Crippen LogP contribution in [0.25, 0.3) is 6.08 Å². The Morgan fingerprint density at radius 3 is 2.88 bits per heavy atom. The second kappa shape index (κ2) is 5.69. The van der Waals surface area contributed by atoms with Crippen LogP contribution in [0.3, 0.4) is 0 Å². The number of H-pyrrole nitrogens is 2. The first-order valence-corrected chi connectivity index (χ1v) is 4.82. The molecule has 0 saturated carbocycles. The molecular weight excluding hydrogens is 210 g/mol. The van der Waals surface area contributed by atoms with E-state index >= 15 is 0 Å². The molecule has 6 nitrogen and oxygen atoms in total. The van der Waals surface area contributed by atoms with E-state index in [0.29, 0.717) is 18.5 Å². The minimum absolute atomic E-state index is 0.0950. The zero-order valence-corrected chi connectivity index (χ0v) is 8.87. The van der Waals surface area contributed by atoms with Crippen molar-refractivity contribution >= 4 is 12.0 Å². The third-order valence-electron chi connectivity index (χ3n) is 1.83. The topological polar surface area (TPSA) is 94.8 Å². The standard InChI is InChI=1S/C10H13N3O3/c1-7(14)11-5-3-2-4-8-6-9(15)12-13-10(8)16/h2,4,6H,3,5H2,1H3,(H,11,14)(H,12,15)(H,13,16). The molecule has 6 heteroatoms. The van der Waals surface area contributed by atoms with Crippen LogP contribution >= 0.6 is 0 Å². The number of carbonyl (C=O) groups is 1. The summed E-state index contributed by atoms with van der Waals surface area (Å²) < 4.78 is 0. The zero-order valence-electron chi connectivity index (χ0n) is 8.87. The molecule has 16 heavy (non-hydrogen) atoms. The van der Waals surface area contributed by atoms with E-state index in [1.54, 1.807) is 12.2 Å². The molecule has 0 fully saturated rings. The van der Waals surface area contributed by atoms with Gasteiger partial charge >= 0.3 is 0 Å². The third-order valence-corrected chi connectivity index (χ3v) is 1.83. The summed E-state index contributed by atoms with van der Waals surface area (Å²) in [6.07, 6.45) is 3.88. The van der Waals surface area contributed by atoms with E-state index in [1.807, 2.05) is 0 Å². The van der Waals surface area contributed by atoms with E-state index in [4.69, 9.17) is 0 Å². The molecule has 0 unspecified atom stereocenters. The number of amides is 1. The van der Waals surface area contributed by atoms with Crippen molar-refractivity contribution in [1.29, 1.82) is 0 Å². The van der Waals surface area contributed by atoms with Crippen LogP contribution in [0.4, 0.5) is 0 Å². The van der Waals surface area contributed by atoms with Crippen LogP contribution in [0.15, 0.2) is 21.7 Å². The average molecular weight is 223 g/mol. The molecule has 1 heterocycles. The van der Waals surface area contributed by atoms with Gasteiger partial charge in [-0.15, -0.1) is 0 Å². The Bertz CT molecular complexity index is 499. The lowest BCUT2D eigenvalue weighted by molar-refractivity contribution is -0.118. The maximum atomic E-state index is 11.2. The Labute approximate surface area is 91.4 Å². The van der Waals surface area contributed by atoms with E-state index in [0.717, 1.165) is 0 Å². The first kappa shape index (κ1) is 12.0. The van der Waals surface area contributed by atoms with E-state index in [1.165, 1.54) is 13.0 Å². The summed E-state index contributed by atoms with van der Waals surface area (Å²) in [7, 11) is 0. The van der Waals surface area contributed by atoms with E-state index in [-0.39, 0.29) is 17.0 Å². The first-order chi connectivity index (χ1) is 7.59. The van der Waals surface area contributed by atoms with Gasteiger partial charge < -0.3 is 5.32 Å². The summed E-state index contributed by atoms with van der Waals surface area (Å²) in [6, 6.07) is 1.22. The summed E-state index contributed by atoms with van der Waals surface area (Å²) in [5.74, 6) is -0.0950. The molecule has 86 valence electrons. The lowest BCUT2D eigenvalue weighted by Crippen LogP contribution is -2.20. The van der Waals surface area contributed by atoms with Crippen molar-refractivity contribution < 1.29 is 4.79 Å². The second-order valence-electron chi connectivity index (χ2n) is 3.22. The number of aromatic amines is 2. The number of hydrogen-bond donors (Lipinski definition) is 3. The molecule has 0 bridgehead atoms. The quantitative estimate of drug-likeness (QED) is 0.606. The highest BCUT2D eigenvalue weighted by atomic mass is 16.2. The predicted octanol–water partition coefficient (Wildman–Crippen LogP) is -0.397. The number of rotatable bonds is 4. The molecule has 1 rings (SSSR count). The monoisotopic (exact) mass is 223 g/mol. The molecule has 0 aliphatic heterocycles. The molecule has 0 aliphatic rings. The molecule has 0 aromatic carbocycles. The summed E-state index contributed by atoms with van der Waals surface area (Å²) in [5, 5.41) is 7.00. The van der Waals surface area contributed by atoms with Crippen LogP contribution in [-0.2, 0) is 4.79 Å². The normalized spacial score (nSPS) is 10.6. The van der Waals surface area contributed by atoms with E-state index < -0.39 is 0 Å². The molecule has 1 aromatic heterocycles. The van der Waals surface area contributed by atoms with Gasteiger partial charge in [0.25, 0.3) is 11.1 Å². The van der Waals surface area contributed by atoms with Crippen LogP contribution in [0.2, 0.25) is 0 Å².